The molecular weight excluding hydrogens is 314 g/mol. The number of esters is 1. The highest BCUT2D eigenvalue weighted by Crippen LogP contribution is 2.33. The van der Waals surface area contributed by atoms with Gasteiger partial charge in [0.15, 0.2) is 11.5 Å². The molecule has 1 aromatic carbocycles. The Morgan fingerprint density at radius 1 is 1.12 bits per heavy atom. The number of rotatable bonds is 6. The van der Waals surface area contributed by atoms with Crippen molar-refractivity contribution in [3.8, 4) is 11.5 Å². The first kappa shape index (κ1) is 18.0. The lowest BCUT2D eigenvalue weighted by Gasteiger charge is -2.26. The molecule has 1 saturated heterocycles. The number of nitrogens with zero attached hydrogens (tertiary/aromatic N) is 1. The lowest BCUT2D eigenvalue weighted by Crippen LogP contribution is -2.46. The predicted octanol–water partition coefficient (Wildman–Crippen LogP) is 0.334. The van der Waals surface area contributed by atoms with Crippen LogP contribution in [0.1, 0.15) is 10.4 Å². The number of hydrogen-bond donors (Lipinski definition) is 2. The van der Waals surface area contributed by atoms with E-state index in [1.165, 1.54) is 27.4 Å². The van der Waals surface area contributed by atoms with Gasteiger partial charge in [0.1, 0.15) is 0 Å². The number of ether oxygens (including phenoxy) is 3. The molecule has 0 unspecified atom stereocenters. The van der Waals surface area contributed by atoms with Gasteiger partial charge >= 0.3 is 5.97 Å². The molecule has 0 spiro atoms. The van der Waals surface area contributed by atoms with Crippen LogP contribution in [0.5, 0.6) is 11.5 Å². The minimum Gasteiger partial charge on any atom is -0.493 e. The summed E-state index contributed by atoms with van der Waals surface area (Å²) >= 11 is 0. The Morgan fingerprint density at radius 3 is 2.33 bits per heavy atom. The Bertz CT molecular complexity index is 600. The molecule has 0 bridgehead atoms. The largest absolute Gasteiger partial charge is 0.493 e. The number of anilines is 1. The van der Waals surface area contributed by atoms with Crippen molar-refractivity contribution in [2.45, 2.75) is 0 Å². The van der Waals surface area contributed by atoms with E-state index in [-0.39, 0.29) is 18.0 Å². The molecule has 0 radical (unpaired) electrons. The zero-order valence-electron chi connectivity index (χ0n) is 14.2. The van der Waals surface area contributed by atoms with E-state index in [2.05, 4.69) is 10.6 Å². The molecule has 1 amide bonds. The Labute approximate surface area is 141 Å². The highest BCUT2D eigenvalue weighted by Gasteiger charge is 2.20. The Hall–Kier alpha value is -2.32. The molecule has 2 rings (SSSR count). The topological polar surface area (TPSA) is 89.1 Å². The highest BCUT2D eigenvalue weighted by atomic mass is 16.5. The van der Waals surface area contributed by atoms with Crippen molar-refractivity contribution in [1.82, 2.24) is 10.2 Å². The predicted molar refractivity (Wildman–Crippen MR) is 88.8 cm³/mol. The molecule has 0 atom stereocenters. The lowest BCUT2D eigenvalue weighted by atomic mass is 10.1. The van der Waals surface area contributed by atoms with Crippen LogP contribution < -0.4 is 20.1 Å². The van der Waals surface area contributed by atoms with E-state index in [4.69, 9.17) is 14.2 Å². The van der Waals surface area contributed by atoms with Crippen molar-refractivity contribution in [3.63, 3.8) is 0 Å². The maximum absolute atomic E-state index is 12.3. The Kier molecular flexibility index (Phi) is 6.39. The number of carbonyl (C=O) groups excluding carboxylic acids is 2. The minimum atomic E-state index is -0.562. The van der Waals surface area contributed by atoms with Crippen LogP contribution in [0.2, 0.25) is 0 Å². The van der Waals surface area contributed by atoms with Crippen molar-refractivity contribution < 1.29 is 23.8 Å². The van der Waals surface area contributed by atoms with Crippen LogP contribution in [0.25, 0.3) is 0 Å². The average molecular weight is 337 g/mol. The first-order valence-electron chi connectivity index (χ1n) is 7.66. The van der Waals surface area contributed by atoms with E-state index < -0.39 is 5.97 Å². The quantitative estimate of drug-likeness (QED) is 0.723. The van der Waals surface area contributed by atoms with E-state index in [1.54, 1.807) is 6.07 Å². The van der Waals surface area contributed by atoms with Gasteiger partial charge in [-0.1, -0.05) is 0 Å². The highest BCUT2D eigenvalue weighted by molar-refractivity contribution is 6.02. The van der Waals surface area contributed by atoms with E-state index >= 15 is 0 Å². The molecule has 0 saturated carbocycles. The number of hydrogen-bond acceptors (Lipinski definition) is 7. The van der Waals surface area contributed by atoms with Gasteiger partial charge in [0.2, 0.25) is 5.91 Å². The summed E-state index contributed by atoms with van der Waals surface area (Å²) in [6, 6.07) is 3.05. The minimum absolute atomic E-state index is 0.200. The fraction of sp³-hybridized carbons (Fsp3) is 0.500. The zero-order chi connectivity index (χ0) is 17.5. The van der Waals surface area contributed by atoms with Crippen LogP contribution in [0.15, 0.2) is 12.1 Å². The summed E-state index contributed by atoms with van der Waals surface area (Å²) in [5, 5.41) is 5.99. The van der Waals surface area contributed by atoms with Crippen molar-refractivity contribution in [2.24, 2.45) is 0 Å². The normalized spacial score (nSPS) is 14.8. The van der Waals surface area contributed by atoms with Gasteiger partial charge in [-0.15, -0.1) is 0 Å². The number of methoxy groups -OCH3 is 3. The van der Waals surface area contributed by atoms with Gasteiger partial charge in [-0.25, -0.2) is 4.79 Å². The molecule has 1 fully saturated rings. The first-order chi connectivity index (χ1) is 11.6. The second-order valence-corrected chi connectivity index (χ2v) is 5.32. The van der Waals surface area contributed by atoms with Gasteiger partial charge in [-0.3, -0.25) is 9.69 Å². The van der Waals surface area contributed by atoms with Gasteiger partial charge < -0.3 is 24.8 Å². The standard InChI is InChI=1S/C16H23N3O5/c1-22-13-8-11(16(21)24-3)12(9-14(13)23-2)18-15(20)10-19-6-4-17-5-7-19/h8-9,17H,4-7,10H2,1-3H3,(H,18,20). The Morgan fingerprint density at radius 2 is 1.75 bits per heavy atom. The molecule has 1 aliphatic heterocycles. The second-order valence-electron chi connectivity index (χ2n) is 5.32. The van der Waals surface area contributed by atoms with Crippen molar-refractivity contribution in [3.05, 3.63) is 17.7 Å². The number of benzene rings is 1. The summed E-state index contributed by atoms with van der Waals surface area (Å²) in [5.41, 5.74) is 0.545. The summed E-state index contributed by atoms with van der Waals surface area (Å²) in [4.78, 5) is 26.3. The van der Waals surface area contributed by atoms with Gasteiger partial charge in [0.05, 0.1) is 39.1 Å². The summed E-state index contributed by atoms with van der Waals surface area (Å²) in [7, 11) is 4.24. The third kappa shape index (κ3) is 4.36. The molecule has 1 aliphatic rings. The van der Waals surface area contributed by atoms with E-state index in [9.17, 15) is 9.59 Å². The van der Waals surface area contributed by atoms with Crippen LogP contribution >= 0.6 is 0 Å². The number of piperazine rings is 1. The smallest absolute Gasteiger partial charge is 0.340 e. The molecule has 0 aliphatic carbocycles. The molecule has 2 N–H and O–H groups in total. The summed E-state index contributed by atoms with van der Waals surface area (Å²) < 4.78 is 15.2. The van der Waals surface area contributed by atoms with Crippen molar-refractivity contribution in [2.75, 3.05) is 59.4 Å². The number of nitrogens with one attached hydrogen (secondary N) is 2. The fourth-order valence-corrected chi connectivity index (χ4v) is 2.52. The molecule has 1 heterocycles. The maximum atomic E-state index is 12.3. The van der Waals surface area contributed by atoms with Gasteiger partial charge in [-0.05, 0) is 0 Å². The zero-order valence-corrected chi connectivity index (χ0v) is 14.2. The van der Waals surface area contributed by atoms with Crippen molar-refractivity contribution >= 4 is 17.6 Å². The van der Waals surface area contributed by atoms with Crippen LogP contribution in [0, 0.1) is 0 Å². The van der Waals surface area contributed by atoms with Crippen LogP contribution in [-0.2, 0) is 9.53 Å². The molecule has 24 heavy (non-hydrogen) atoms. The third-order valence-electron chi connectivity index (χ3n) is 3.78. The molecular formula is C16H23N3O5. The number of carbonyl (C=O) groups is 2. The van der Waals surface area contributed by atoms with Crippen LogP contribution in [-0.4, -0.2) is 70.8 Å². The molecule has 132 valence electrons. The summed E-state index contributed by atoms with van der Waals surface area (Å²) in [5.74, 6) is 0.0447. The molecule has 0 aromatic heterocycles. The van der Waals surface area contributed by atoms with E-state index in [0.717, 1.165) is 26.2 Å². The van der Waals surface area contributed by atoms with Gasteiger partial charge in [0.25, 0.3) is 0 Å². The van der Waals surface area contributed by atoms with Gasteiger partial charge in [0, 0.05) is 38.3 Å². The maximum Gasteiger partial charge on any atom is 0.340 e. The van der Waals surface area contributed by atoms with E-state index in [0.29, 0.717) is 17.2 Å². The molecule has 8 heteroatoms. The lowest BCUT2D eigenvalue weighted by molar-refractivity contribution is -0.117. The summed E-state index contributed by atoms with van der Waals surface area (Å²) in [6.07, 6.45) is 0. The SMILES string of the molecule is COC(=O)c1cc(OC)c(OC)cc1NC(=O)CN1CCNCC1. The monoisotopic (exact) mass is 337 g/mol. The van der Waals surface area contributed by atoms with Gasteiger partial charge in [-0.2, -0.15) is 0 Å². The average Bonchev–Trinajstić information content (AvgIpc) is 2.61. The first-order valence-corrected chi connectivity index (χ1v) is 7.66. The fourth-order valence-electron chi connectivity index (χ4n) is 2.52. The van der Waals surface area contributed by atoms with Crippen LogP contribution in [0.3, 0.4) is 0 Å². The molecule has 1 aromatic rings. The van der Waals surface area contributed by atoms with Crippen molar-refractivity contribution in [1.29, 1.82) is 0 Å². The third-order valence-corrected chi connectivity index (χ3v) is 3.78. The summed E-state index contributed by atoms with van der Waals surface area (Å²) in [6.45, 7) is 3.59. The second kappa shape index (κ2) is 8.51. The van der Waals surface area contributed by atoms with Crippen LogP contribution in [0.4, 0.5) is 5.69 Å². The van der Waals surface area contributed by atoms with E-state index in [1.807, 2.05) is 4.90 Å². The number of amides is 1. The Balaban J connectivity index is 2.19. The molecule has 8 nitrogen and oxygen atoms in total.